The van der Waals surface area contributed by atoms with Crippen molar-refractivity contribution in [3.05, 3.63) is 60.2 Å². The molecule has 1 aromatic heterocycles. The fourth-order valence-corrected chi connectivity index (χ4v) is 6.00. The summed E-state index contributed by atoms with van der Waals surface area (Å²) in [6.07, 6.45) is -4.11. The van der Waals surface area contributed by atoms with Gasteiger partial charge in [0, 0.05) is 23.9 Å². The summed E-state index contributed by atoms with van der Waals surface area (Å²) in [5.41, 5.74) is -1.01. The lowest BCUT2D eigenvalue weighted by atomic mass is 10.1. The van der Waals surface area contributed by atoms with Crippen LogP contribution in [0.3, 0.4) is 0 Å². The molecule has 2 heterocycles. The zero-order chi connectivity index (χ0) is 24.6. The van der Waals surface area contributed by atoms with Gasteiger partial charge in [-0.05, 0) is 55.4 Å². The largest absolute Gasteiger partial charge is 0.497 e. The smallest absolute Gasteiger partial charge is 0.419 e. The minimum Gasteiger partial charge on any atom is -0.497 e. The van der Waals surface area contributed by atoms with E-state index in [9.17, 15) is 21.6 Å². The van der Waals surface area contributed by atoms with E-state index in [0.717, 1.165) is 35.1 Å². The van der Waals surface area contributed by atoms with Crippen LogP contribution in [0.4, 0.5) is 18.9 Å². The topological polar surface area (TPSA) is 76.7 Å². The van der Waals surface area contributed by atoms with Crippen LogP contribution in [0.5, 0.6) is 11.5 Å². The maximum atomic E-state index is 13.6. The van der Waals surface area contributed by atoms with Crippen molar-refractivity contribution in [3.8, 4) is 21.9 Å². The van der Waals surface area contributed by atoms with Gasteiger partial charge < -0.3 is 14.8 Å². The van der Waals surface area contributed by atoms with E-state index in [2.05, 4.69) is 10.0 Å². The van der Waals surface area contributed by atoms with Crippen LogP contribution in [-0.4, -0.2) is 34.2 Å². The maximum absolute atomic E-state index is 13.6. The monoisotopic (exact) mass is 512 g/mol. The van der Waals surface area contributed by atoms with Crippen LogP contribution < -0.4 is 19.5 Å². The Hall–Kier alpha value is -2.76. The Morgan fingerprint density at radius 1 is 1.12 bits per heavy atom. The molecule has 3 aromatic rings. The third-order valence-corrected chi connectivity index (χ3v) is 8.43. The minimum absolute atomic E-state index is 0.0195. The fourth-order valence-electron chi connectivity index (χ4n) is 3.65. The molecule has 0 bridgehead atoms. The third kappa shape index (κ3) is 5.31. The fraction of sp³-hybridized carbons (Fsp3) is 0.304. The Labute approximate surface area is 199 Å². The van der Waals surface area contributed by atoms with E-state index in [1.807, 2.05) is 6.07 Å². The molecule has 0 amide bonds. The van der Waals surface area contributed by atoms with E-state index in [1.54, 1.807) is 38.3 Å². The Bertz CT molecular complexity index is 1280. The molecule has 0 aliphatic carbocycles. The molecule has 1 aliphatic rings. The number of sulfonamides is 1. The van der Waals surface area contributed by atoms with Gasteiger partial charge in [-0.1, -0.05) is 12.1 Å². The van der Waals surface area contributed by atoms with E-state index in [-0.39, 0.29) is 9.90 Å². The number of halogens is 3. The predicted molar refractivity (Wildman–Crippen MR) is 125 cm³/mol. The van der Waals surface area contributed by atoms with Crippen molar-refractivity contribution in [2.75, 3.05) is 24.9 Å². The van der Waals surface area contributed by atoms with E-state index < -0.39 is 33.1 Å². The standard InChI is InChI=1S/C23H23F3N2O4S2/c1-22(10-11-27-14-22)32-19-13-16(6-7-18(19)23(24,25)26)28-34(29,30)21-9-8-20(33-21)15-4-3-5-17(12-15)31-2/h3-9,12-13,27-28H,10-11,14H2,1-2H3/t22-/m1/s1. The van der Waals surface area contributed by atoms with Gasteiger partial charge in [0.15, 0.2) is 0 Å². The number of ether oxygens (including phenoxy) is 2. The highest BCUT2D eigenvalue weighted by molar-refractivity contribution is 7.94. The van der Waals surface area contributed by atoms with Gasteiger partial charge in [0.05, 0.1) is 18.4 Å². The molecule has 1 atom stereocenters. The van der Waals surface area contributed by atoms with Gasteiger partial charge in [-0.2, -0.15) is 13.2 Å². The summed E-state index contributed by atoms with van der Waals surface area (Å²) in [7, 11) is -2.49. The summed E-state index contributed by atoms with van der Waals surface area (Å²) in [4.78, 5) is 0.706. The highest BCUT2D eigenvalue weighted by Gasteiger charge is 2.38. The molecule has 6 nitrogen and oxygen atoms in total. The first-order valence-electron chi connectivity index (χ1n) is 10.4. The lowest BCUT2D eigenvalue weighted by Gasteiger charge is -2.27. The van der Waals surface area contributed by atoms with Gasteiger partial charge in [0.2, 0.25) is 0 Å². The first-order chi connectivity index (χ1) is 16.0. The average molecular weight is 513 g/mol. The molecule has 1 fully saturated rings. The molecule has 182 valence electrons. The second kappa shape index (κ2) is 9.12. The van der Waals surface area contributed by atoms with Crippen LogP contribution in [0.15, 0.2) is 58.8 Å². The first-order valence-corrected chi connectivity index (χ1v) is 12.7. The van der Waals surface area contributed by atoms with Crippen LogP contribution in [0.25, 0.3) is 10.4 Å². The van der Waals surface area contributed by atoms with Gasteiger partial charge in [0.1, 0.15) is 21.3 Å². The van der Waals surface area contributed by atoms with Gasteiger partial charge in [0.25, 0.3) is 10.0 Å². The average Bonchev–Trinajstić information content (AvgIpc) is 3.43. The van der Waals surface area contributed by atoms with Crippen LogP contribution in [0, 0.1) is 0 Å². The number of hydrogen-bond donors (Lipinski definition) is 2. The lowest BCUT2D eigenvalue weighted by molar-refractivity contribution is -0.139. The summed E-state index contributed by atoms with van der Waals surface area (Å²) >= 11 is 1.04. The molecule has 0 unspecified atom stereocenters. The Kier molecular flexibility index (Phi) is 6.54. The second-order valence-corrected chi connectivity index (χ2v) is 11.1. The van der Waals surface area contributed by atoms with E-state index in [4.69, 9.17) is 9.47 Å². The highest BCUT2D eigenvalue weighted by atomic mass is 32.2. The Morgan fingerprint density at radius 3 is 2.59 bits per heavy atom. The first kappa shape index (κ1) is 24.4. The Morgan fingerprint density at radius 2 is 1.91 bits per heavy atom. The third-order valence-electron chi connectivity index (χ3n) is 5.43. The molecule has 2 aromatic carbocycles. The highest BCUT2D eigenvalue weighted by Crippen LogP contribution is 2.40. The minimum atomic E-state index is -4.64. The van der Waals surface area contributed by atoms with Gasteiger partial charge in [-0.25, -0.2) is 8.42 Å². The number of nitrogens with one attached hydrogen (secondary N) is 2. The predicted octanol–water partition coefficient (Wildman–Crippen LogP) is 5.37. The second-order valence-electron chi connectivity index (χ2n) is 8.14. The van der Waals surface area contributed by atoms with Crippen molar-refractivity contribution in [2.24, 2.45) is 0 Å². The molecule has 0 radical (unpaired) electrons. The normalized spacial score (nSPS) is 18.6. The van der Waals surface area contributed by atoms with Crippen molar-refractivity contribution in [3.63, 3.8) is 0 Å². The van der Waals surface area contributed by atoms with Crippen LogP contribution in [0.2, 0.25) is 0 Å². The summed E-state index contributed by atoms with van der Waals surface area (Å²) < 4.78 is 80.0. The van der Waals surface area contributed by atoms with Crippen molar-refractivity contribution in [1.82, 2.24) is 5.32 Å². The van der Waals surface area contributed by atoms with Crippen LogP contribution >= 0.6 is 11.3 Å². The van der Waals surface area contributed by atoms with Crippen molar-refractivity contribution in [1.29, 1.82) is 0 Å². The molecular formula is C23H23F3N2O4S2. The molecule has 11 heteroatoms. The molecule has 34 heavy (non-hydrogen) atoms. The summed E-state index contributed by atoms with van der Waals surface area (Å²) in [5, 5.41) is 3.06. The number of methoxy groups -OCH3 is 1. The van der Waals surface area contributed by atoms with Crippen LogP contribution in [0.1, 0.15) is 18.9 Å². The summed E-state index contributed by atoms with van der Waals surface area (Å²) in [6, 6.07) is 13.3. The molecule has 1 saturated heterocycles. The summed E-state index contributed by atoms with van der Waals surface area (Å²) in [5.74, 6) is 0.221. The molecule has 0 spiro atoms. The number of alkyl halides is 3. The van der Waals surface area contributed by atoms with Crippen molar-refractivity contribution in [2.45, 2.75) is 29.3 Å². The van der Waals surface area contributed by atoms with Gasteiger partial charge in [-0.3, -0.25) is 4.72 Å². The van der Waals surface area contributed by atoms with Gasteiger partial charge >= 0.3 is 6.18 Å². The number of thiophene rings is 1. The lowest BCUT2D eigenvalue weighted by Crippen LogP contribution is -2.35. The zero-order valence-electron chi connectivity index (χ0n) is 18.4. The number of benzene rings is 2. The van der Waals surface area contributed by atoms with Crippen molar-refractivity contribution >= 4 is 27.0 Å². The molecule has 4 rings (SSSR count). The van der Waals surface area contributed by atoms with Gasteiger partial charge in [-0.15, -0.1) is 11.3 Å². The van der Waals surface area contributed by atoms with E-state index in [1.165, 1.54) is 6.07 Å². The number of rotatable bonds is 7. The summed E-state index contributed by atoms with van der Waals surface area (Å²) in [6.45, 7) is 2.73. The maximum Gasteiger partial charge on any atom is 0.419 e. The molecule has 1 aliphatic heterocycles. The van der Waals surface area contributed by atoms with E-state index >= 15 is 0 Å². The number of anilines is 1. The Balaban J connectivity index is 1.61. The number of hydrogen-bond acceptors (Lipinski definition) is 6. The SMILES string of the molecule is COc1cccc(-c2ccc(S(=O)(=O)Nc3ccc(C(F)(F)F)c(O[C@]4(C)CCNC4)c3)s2)c1. The zero-order valence-corrected chi connectivity index (χ0v) is 20.0. The van der Waals surface area contributed by atoms with Crippen molar-refractivity contribution < 1.29 is 31.1 Å². The van der Waals surface area contributed by atoms with E-state index in [0.29, 0.717) is 30.1 Å². The molecular weight excluding hydrogens is 489 g/mol. The molecule has 2 N–H and O–H groups in total. The quantitative estimate of drug-likeness (QED) is 0.445. The van der Waals surface area contributed by atoms with Crippen LogP contribution in [-0.2, 0) is 16.2 Å². The molecule has 0 saturated carbocycles.